The zero-order valence-corrected chi connectivity index (χ0v) is 14.9. The Morgan fingerprint density at radius 3 is 2.54 bits per heavy atom. The van der Waals surface area contributed by atoms with Gasteiger partial charge in [0.25, 0.3) is 0 Å². The number of aryl methyl sites for hydroxylation is 2. The molecule has 0 aromatic carbocycles. The SMILES string of the molecule is CN=C(NCCNC(=O)CC1CCCC1)NCc1nc(C)c(C)o1. The summed E-state index contributed by atoms with van der Waals surface area (Å²) in [6.07, 6.45) is 5.59. The zero-order chi connectivity index (χ0) is 17.4. The van der Waals surface area contributed by atoms with Crippen molar-refractivity contribution in [3.05, 3.63) is 17.3 Å². The fraction of sp³-hybridized carbons (Fsp3) is 0.706. The second-order valence-electron chi connectivity index (χ2n) is 6.31. The minimum Gasteiger partial charge on any atom is -0.444 e. The highest BCUT2D eigenvalue weighted by Gasteiger charge is 2.17. The molecule has 1 fully saturated rings. The van der Waals surface area contributed by atoms with Gasteiger partial charge in [-0.3, -0.25) is 9.79 Å². The van der Waals surface area contributed by atoms with E-state index in [2.05, 4.69) is 25.9 Å². The third kappa shape index (κ3) is 5.86. The largest absolute Gasteiger partial charge is 0.444 e. The molecule has 0 saturated heterocycles. The molecule has 1 aliphatic rings. The van der Waals surface area contributed by atoms with Crippen LogP contribution in [0.25, 0.3) is 0 Å². The van der Waals surface area contributed by atoms with Gasteiger partial charge in [0.05, 0.1) is 12.2 Å². The molecule has 24 heavy (non-hydrogen) atoms. The predicted molar refractivity (Wildman–Crippen MR) is 93.8 cm³/mol. The molecule has 0 unspecified atom stereocenters. The van der Waals surface area contributed by atoms with Crippen LogP contribution in [0.5, 0.6) is 0 Å². The average molecular weight is 335 g/mol. The highest BCUT2D eigenvalue weighted by Crippen LogP contribution is 2.27. The van der Waals surface area contributed by atoms with E-state index < -0.39 is 0 Å². The van der Waals surface area contributed by atoms with Gasteiger partial charge in [0, 0.05) is 26.6 Å². The Bertz CT molecular complexity index is 542. The summed E-state index contributed by atoms with van der Waals surface area (Å²) in [6, 6.07) is 0. The number of amides is 1. The van der Waals surface area contributed by atoms with Gasteiger partial charge in [0.2, 0.25) is 11.8 Å². The van der Waals surface area contributed by atoms with Gasteiger partial charge in [0.1, 0.15) is 5.76 Å². The summed E-state index contributed by atoms with van der Waals surface area (Å²) in [5, 5.41) is 9.27. The number of rotatable bonds is 7. The van der Waals surface area contributed by atoms with Crippen LogP contribution in [-0.2, 0) is 11.3 Å². The lowest BCUT2D eigenvalue weighted by Crippen LogP contribution is -2.41. The van der Waals surface area contributed by atoms with E-state index in [1.54, 1.807) is 7.05 Å². The average Bonchev–Trinajstić information content (AvgIpc) is 3.17. The molecule has 1 aromatic heterocycles. The summed E-state index contributed by atoms with van der Waals surface area (Å²) < 4.78 is 5.52. The van der Waals surface area contributed by atoms with Crippen molar-refractivity contribution >= 4 is 11.9 Å². The normalized spacial score (nSPS) is 15.5. The first kappa shape index (κ1) is 18.3. The molecule has 0 spiro atoms. The van der Waals surface area contributed by atoms with E-state index in [1.807, 2.05) is 13.8 Å². The van der Waals surface area contributed by atoms with Gasteiger partial charge in [-0.1, -0.05) is 12.8 Å². The maximum absolute atomic E-state index is 11.9. The van der Waals surface area contributed by atoms with Crippen LogP contribution in [-0.4, -0.2) is 37.0 Å². The first-order chi connectivity index (χ1) is 11.6. The molecule has 0 radical (unpaired) electrons. The smallest absolute Gasteiger partial charge is 0.220 e. The van der Waals surface area contributed by atoms with Crippen LogP contribution >= 0.6 is 0 Å². The summed E-state index contributed by atoms with van der Waals surface area (Å²) in [6.45, 7) is 5.50. The third-order valence-electron chi connectivity index (χ3n) is 4.39. The molecule has 134 valence electrons. The minimum atomic E-state index is 0.150. The molecule has 1 amide bonds. The molecule has 2 rings (SSSR count). The molecule has 1 aromatic rings. The van der Waals surface area contributed by atoms with Gasteiger partial charge in [-0.05, 0) is 32.6 Å². The predicted octanol–water partition coefficient (Wildman–Crippen LogP) is 1.65. The number of aromatic nitrogens is 1. The Balaban J connectivity index is 1.60. The summed E-state index contributed by atoms with van der Waals surface area (Å²) in [7, 11) is 1.71. The van der Waals surface area contributed by atoms with Crippen LogP contribution < -0.4 is 16.0 Å². The second-order valence-corrected chi connectivity index (χ2v) is 6.31. The molecule has 0 aliphatic heterocycles. The molecule has 7 heteroatoms. The number of aliphatic imine (C=N–C) groups is 1. The Hall–Kier alpha value is -2.05. The fourth-order valence-electron chi connectivity index (χ4n) is 2.93. The van der Waals surface area contributed by atoms with E-state index in [-0.39, 0.29) is 5.91 Å². The van der Waals surface area contributed by atoms with Crippen molar-refractivity contribution < 1.29 is 9.21 Å². The number of hydrogen-bond donors (Lipinski definition) is 3. The van der Waals surface area contributed by atoms with E-state index in [0.717, 1.165) is 11.5 Å². The number of guanidine groups is 1. The Morgan fingerprint density at radius 2 is 1.92 bits per heavy atom. The molecule has 1 saturated carbocycles. The lowest BCUT2D eigenvalue weighted by molar-refractivity contribution is -0.121. The maximum atomic E-state index is 11.9. The van der Waals surface area contributed by atoms with E-state index >= 15 is 0 Å². The number of nitrogens with one attached hydrogen (secondary N) is 3. The highest BCUT2D eigenvalue weighted by atomic mass is 16.4. The van der Waals surface area contributed by atoms with Gasteiger partial charge in [-0.25, -0.2) is 4.98 Å². The summed E-state index contributed by atoms with van der Waals surface area (Å²) in [4.78, 5) is 20.3. The van der Waals surface area contributed by atoms with Crippen molar-refractivity contribution in [1.29, 1.82) is 0 Å². The molecular formula is C17H29N5O2. The Labute approximate surface area is 143 Å². The maximum Gasteiger partial charge on any atom is 0.220 e. The quantitative estimate of drug-likeness (QED) is 0.400. The van der Waals surface area contributed by atoms with Crippen LogP contribution in [0, 0.1) is 19.8 Å². The van der Waals surface area contributed by atoms with Crippen LogP contribution in [0.3, 0.4) is 0 Å². The molecule has 3 N–H and O–H groups in total. The van der Waals surface area contributed by atoms with Crippen molar-refractivity contribution in [1.82, 2.24) is 20.9 Å². The number of oxazole rings is 1. The second kappa shape index (κ2) is 9.30. The van der Waals surface area contributed by atoms with E-state index in [9.17, 15) is 4.79 Å². The van der Waals surface area contributed by atoms with Crippen LogP contribution in [0.4, 0.5) is 0 Å². The van der Waals surface area contributed by atoms with Crippen molar-refractivity contribution in [3.8, 4) is 0 Å². The molecule has 1 heterocycles. The minimum absolute atomic E-state index is 0.150. The fourth-order valence-corrected chi connectivity index (χ4v) is 2.93. The molecule has 7 nitrogen and oxygen atoms in total. The monoisotopic (exact) mass is 335 g/mol. The highest BCUT2D eigenvalue weighted by molar-refractivity contribution is 5.79. The number of hydrogen-bond acceptors (Lipinski definition) is 4. The molecule has 0 atom stereocenters. The van der Waals surface area contributed by atoms with Gasteiger partial charge in [0.15, 0.2) is 5.96 Å². The number of carbonyl (C=O) groups excluding carboxylic acids is 1. The van der Waals surface area contributed by atoms with Gasteiger partial charge < -0.3 is 20.4 Å². The summed E-state index contributed by atoms with van der Waals surface area (Å²) in [5.41, 5.74) is 0.903. The standard InChI is InChI=1S/C17H29N5O2/c1-12-13(2)24-16(22-12)11-21-17(18-3)20-9-8-19-15(23)10-14-6-4-5-7-14/h14H,4-11H2,1-3H3,(H,19,23)(H2,18,20,21). The Kier molecular flexibility index (Phi) is 7.08. The number of nitrogens with zero attached hydrogens (tertiary/aromatic N) is 2. The Morgan fingerprint density at radius 1 is 1.21 bits per heavy atom. The molecular weight excluding hydrogens is 306 g/mol. The van der Waals surface area contributed by atoms with E-state index in [4.69, 9.17) is 4.42 Å². The summed E-state index contributed by atoms with van der Waals surface area (Å²) >= 11 is 0. The lowest BCUT2D eigenvalue weighted by Gasteiger charge is -2.12. The van der Waals surface area contributed by atoms with Crippen LogP contribution in [0.2, 0.25) is 0 Å². The molecule has 0 bridgehead atoms. The van der Waals surface area contributed by atoms with Crippen LogP contribution in [0.15, 0.2) is 9.41 Å². The lowest BCUT2D eigenvalue weighted by atomic mass is 10.0. The zero-order valence-electron chi connectivity index (χ0n) is 14.9. The van der Waals surface area contributed by atoms with Gasteiger partial charge >= 0.3 is 0 Å². The van der Waals surface area contributed by atoms with Gasteiger partial charge in [-0.15, -0.1) is 0 Å². The first-order valence-electron chi connectivity index (χ1n) is 8.72. The van der Waals surface area contributed by atoms with Crippen LogP contribution in [0.1, 0.15) is 49.4 Å². The van der Waals surface area contributed by atoms with Crippen molar-refractivity contribution in [2.75, 3.05) is 20.1 Å². The van der Waals surface area contributed by atoms with E-state index in [1.165, 1.54) is 25.7 Å². The topological polar surface area (TPSA) is 91.5 Å². The van der Waals surface area contributed by atoms with Crippen molar-refractivity contribution in [2.24, 2.45) is 10.9 Å². The van der Waals surface area contributed by atoms with Crippen molar-refractivity contribution in [3.63, 3.8) is 0 Å². The first-order valence-corrected chi connectivity index (χ1v) is 8.72. The number of carbonyl (C=O) groups is 1. The van der Waals surface area contributed by atoms with Gasteiger partial charge in [-0.2, -0.15) is 0 Å². The molecule has 1 aliphatic carbocycles. The van der Waals surface area contributed by atoms with E-state index in [0.29, 0.717) is 43.8 Å². The van der Waals surface area contributed by atoms with Crippen molar-refractivity contribution in [2.45, 2.75) is 52.5 Å². The third-order valence-corrected chi connectivity index (χ3v) is 4.39. The summed E-state index contributed by atoms with van der Waals surface area (Å²) in [5.74, 6) is 2.86.